The van der Waals surface area contributed by atoms with Gasteiger partial charge in [0.15, 0.2) is 11.3 Å². The number of hydrogen-bond acceptors (Lipinski definition) is 4. The van der Waals surface area contributed by atoms with Gasteiger partial charge in [-0.3, -0.25) is 0 Å². The van der Waals surface area contributed by atoms with Crippen LogP contribution < -0.4 is 0 Å². The van der Waals surface area contributed by atoms with E-state index in [4.69, 9.17) is 15.3 Å². The van der Waals surface area contributed by atoms with Crippen LogP contribution in [0.3, 0.4) is 0 Å². The molecule has 0 saturated carbocycles. The van der Waals surface area contributed by atoms with E-state index in [0.29, 0.717) is 11.5 Å². The Morgan fingerprint density at radius 2 is 1.86 bits per heavy atom. The number of allylic oxidation sites excluding steroid dienone is 2. The molecule has 1 aliphatic heterocycles. The lowest BCUT2D eigenvalue weighted by molar-refractivity contribution is 0.0479. The molecule has 4 nitrogen and oxygen atoms in total. The molecule has 0 aliphatic carbocycles. The maximum Gasteiger partial charge on any atom is 0.172 e. The van der Waals surface area contributed by atoms with E-state index in [1.165, 1.54) is 6.42 Å². The molecule has 0 saturated heterocycles. The van der Waals surface area contributed by atoms with E-state index in [9.17, 15) is 5.26 Å². The first-order chi connectivity index (χ1) is 10.5. The third-order valence-electron chi connectivity index (χ3n) is 4.51. The monoisotopic (exact) mass is 297 g/mol. The van der Waals surface area contributed by atoms with Gasteiger partial charge in [0.1, 0.15) is 23.8 Å². The van der Waals surface area contributed by atoms with Gasteiger partial charge in [0, 0.05) is 0 Å². The van der Waals surface area contributed by atoms with E-state index in [2.05, 4.69) is 19.9 Å². The molecule has 2 atom stereocenters. The van der Waals surface area contributed by atoms with Gasteiger partial charge in [-0.1, -0.05) is 39.5 Å². The molecule has 1 heterocycles. The zero-order valence-electron chi connectivity index (χ0n) is 13.9. The second kappa shape index (κ2) is 7.67. The molecule has 0 aromatic heterocycles. The minimum absolute atomic E-state index is 0.124. The van der Waals surface area contributed by atoms with Crippen molar-refractivity contribution in [3.63, 3.8) is 0 Å². The quantitative estimate of drug-likeness (QED) is 0.675. The van der Waals surface area contributed by atoms with Gasteiger partial charge in [0.2, 0.25) is 0 Å². The highest BCUT2D eigenvalue weighted by atomic mass is 16.5. The topological polar surface area (TPSA) is 80.6 Å². The van der Waals surface area contributed by atoms with Crippen molar-refractivity contribution in [2.24, 2.45) is 5.92 Å². The van der Waals surface area contributed by atoms with Crippen LogP contribution in [0.5, 0.6) is 0 Å². The average molecular weight is 297 g/mol. The number of nitriles is 3. The predicted octanol–water partition coefficient (Wildman–Crippen LogP) is 4.52. The second-order valence-corrected chi connectivity index (χ2v) is 5.99. The molecule has 0 N–H and O–H groups in total. The van der Waals surface area contributed by atoms with Crippen LogP contribution in [0.25, 0.3) is 0 Å². The minimum atomic E-state index is -0.603. The summed E-state index contributed by atoms with van der Waals surface area (Å²) >= 11 is 0. The van der Waals surface area contributed by atoms with Gasteiger partial charge in [0.25, 0.3) is 0 Å². The summed E-state index contributed by atoms with van der Waals surface area (Å²) in [6.07, 6.45) is 5.31. The zero-order valence-corrected chi connectivity index (χ0v) is 13.9. The number of hydrogen-bond donors (Lipinski definition) is 0. The Labute approximate surface area is 133 Å². The van der Waals surface area contributed by atoms with Crippen molar-refractivity contribution in [2.75, 3.05) is 0 Å². The van der Waals surface area contributed by atoms with Crippen molar-refractivity contribution in [1.29, 1.82) is 15.8 Å². The van der Waals surface area contributed by atoms with Crippen molar-refractivity contribution >= 4 is 0 Å². The fraction of sp³-hybridized carbons (Fsp3) is 0.611. The van der Waals surface area contributed by atoms with Crippen LogP contribution in [0.1, 0.15) is 59.8 Å². The summed E-state index contributed by atoms with van der Waals surface area (Å²) in [4.78, 5) is 0. The lowest BCUT2D eigenvalue weighted by Gasteiger charge is -2.30. The summed E-state index contributed by atoms with van der Waals surface area (Å²) in [5, 5.41) is 27.5. The largest absolute Gasteiger partial charge is 0.480 e. The molecule has 0 radical (unpaired) electrons. The van der Waals surface area contributed by atoms with E-state index in [0.717, 1.165) is 31.3 Å². The fourth-order valence-corrected chi connectivity index (χ4v) is 2.91. The maximum absolute atomic E-state index is 9.37. The molecule has 4 heteroatoms. The van der Waals surface area contributed by atoms with Gasteiger partial charge in [-0.2, -0.15) is 15.8 Å². The predicted molar refractivity (Wildman–Crippen MR) is 84.0 cm³/mol. The van der Waals surface area contributed by atoms with Gasteiger partial charge in [0.05, 0.1) is 5.57 Å². The average Bonchev–Trinajstić information content (AvgIpc) is 2.76. The van der Waals surface area contributed by atoms with Crippen LogP contribution in [0.2, 0.25) is 0 Å². The highest BCUT2D eigenvalue weighted by Gasteiger charge is 2.42. The Balaban J connectivity index is 3.15. The summed E-state index contributed by atoms with van der Waals surface area (Å²) in [5.41, 5.74) is 0.434. The van der Waals surface area contributed by atoms with Gasteiger partial charge < -0.3 is 4.74 Å². The molecular weight excluding hydrogens is 274 g/mol. The van der Waals surface area contributed by atoms with E-state index in [-0.39, 0.29) is 11.3 Å². The number of ether oxygens (including phenoxy) is 1. The Kier molecular flexibility index (Phi) is 6.21. The molecule has 1 aliphatic rings. The van der Waals surface area contributed by atoms with Crippen LogP contribution in [-0.2, 0) is 4.74 Å². The van der Waals surface area contributed by atoms with E-state index < -0.39 is 5.60 Å². The smallest absolute Gasteiger partial charge is 0.172 e. The van der Waals surface area contributed by atoms with E-state index in [1.54, 1.807) is 0 Å². The van der Waals surface area contributed by atoms with Gasteiger partial charge in [-0.15, -0.1) is 0 Å². The Morgan fingerprint density at radius 1 is 1.23 bits per heavy atom. The highest BCUT2D eigenvalue weighted by molar-refractivity contribution is 5.57. The Hall–Kier alpha value is -2.25. The molecule has 0 amide bonds. The third kappa shape index (κ3) is 3.49. The van der Waals surface area contributed by atoms with Gasteiger partial charge in [-0.25, -0.2) is 0 Å². The minimum Gasteiger partial charge on any atom is -0.480 e. The standard InChI is InChI=1S/C18H23N3O/c1-5-7-8-14(6-2)9-18(4)13(3)16(12-21)17(22-18)15(10-19)11-20/h14H,5-9H2,1-4H3. The Morgan fingerprint density at radius 3 is 2.32 bits per heavy atom. The lowest BCUT2D eigenvalue weighted by atomic mass is 9.82. The molecule has 22 heavy (non-hydrogen) atoms. The van der Waals surface area contributed by atoms with Crippen molar-refractivity contribution in [2.45, 2.75) is 65.4 Å². The molecule has 0 fully saturated rings. The van der Waals surface area contributed by atoms with Gasteiger partial charge in [-0.05, 0) is 31.8 Å². The first kappa shape index (κ1) is 17.8. The number of nitrogens with zero attached hydrogens (tertiary/aromatic N) is 3. The van der Waals surface area contributed by atoms with Crippen LogP contribution in [-0.4, -0.2) is 5.60 Å². The summed E-state index contributed by atoms with van der Waals surface area (Å²) in [6, 6.07) is 5.75. The molecule has 0 bridgehead atoms. The maximum atomic E-state index is 9.37. The summed E-state index contributed by atoms with van der Waals surface area (Å²) in [5.74, 6) is 0.657. The van der Waals surface area contributed by atoms with Gasteiger partial charge >= 0.3 is 0 Å². The zero-order chi connectivity index (χ0) is 16.8. The molecular formula is C18H23N3O. The molecule has 1 rings (SSSR count). The molecule has 0 spiro atoms. The normalized spacial score (nSPS) is 21.6. The van der Waals surface area contributed by atoms with Crippen LogP contribution >= 0.6 is 0 Å². The van der Waals surface area contributed by atoms with E-state index in [1.807, 2.05) is 26.0 Å². The van der Waals surface area contributed by atoms with Crippen molar-refractivity contribution in [3.8, 4) is 18.2 Å². The molecule has 2 unspecified atom stereocenters. The van der Waals surface area contributed by atoms with Crippen molar-refractivity contribution in [3.05, 3.63) is 22.5 Å². The highest BCUT2D eigenvalue weighted by Crippen LogP contribution is 2.44. The summed E-state index contributed by atoms with van der Waals surface area (Å²) in [6.45, 7) is 8.15. The third-order valence-corrected chi connectivity index (χ3v) is 4.51. The van der Waals surface area contributed by atoms with Crippen LogP contribution in [0.4, 0.5) is 0 Å². The summed E-state index contributed by atoms with van der Waals surface area (Å²) in [7, 11) is 0. The van der Waals surface area contributed by atoms with Crippen molar-refractivity contribution < 1.29 is 4.74 Å². The first-order valence-electron chi connectivity index (χ1n) is 7.82. The van der Waals surface area contributed by atoms with Crippen molar-refractivity contribution in [1.82, 2.24) is 0 Å². The summed E-state index contributed by atoms with van der Waals surface area (Å²) < 4.78 is 5.96. The number of rotatable bonds is 6. The molecule has 0 aromatic rings. The molecule has 0 aromatic carbocycles. The van der Waals surface area contributed by atoms with Crippen LogP contribution in [0.15, 0.2) is 22.5 Å². The number of unbranched alkanes of at least 4 members (excludes halogenated alkanes) is 1. The SMILES string of the molecule is CCCCC(CC)CC1(C)OC(=C(C#N)C#N)C(C#N)=C1C. The fourth-order valence-electron chi connectivity index (χ4n) is 2.91. The second-order valence-electron chi connectivity index (χ2n) is 5.99. The molecule has 116 valence electrons. The van der Waals surface area contributed by atoms with Crippen LogP contribution in [0, 0.1) is 39.9 Å². The lowest BCUT2D eigenvalue weighted by Crippen LogP contribution is -2.29. The first-order valence-corrected chi connectivity index (χ1v) is 7.82. The Bertz CT molecular complexity index is 594. The van der Waals surface area contributed by atoms with E-state index >= 15 is 0 Å².